The van der Waals surface area contributed by atoms with Gasteiger partial charge in [0.05, 0.1) is 12.0 Å². The van der Waals surface area contributed by atoms with Gasteiger partial charge < -0.3 is 15.2 Å². The van der Waals surface area contributed by atoms with E-state index in [0.29, 0.717) is 6.04 Å². The Morgan fingerprint density at radius 1 is 1.42 bits per heavy atom. The molecule has 0 aromatic carbocycles. The molecule has 0 unspecified atom stereocenters. The Hall–Kier alpha value is -1.88. The highest BCUT2D eigenvalue weighted by molar-refractivity contribution is 5.63. The van der Waals surface area contributed by atoms with Gasteiger partial charge in [0, 0.05) is 37.1 Å². The van der Waals surface area contributed by atoms with Gasteiger partial charge in [0.15, 0.2) is 0 Å². The lowest BCUT2D eigenvalue weighted by Gasteiger charge is -2.13. The molecule has 0 bridgehead atoms. The van der Waals surface area contributed by atoms with Crippen LogP contribution in [0.15, 0.2) is 24.7 Å². The van der Waals surface area contributed by atoms with Crippen molar-refractivity contribution in [2.45, 2.75) is 19.4 Å². The number of imidazole rings is 1. The number of hydrogen-bond acceptors (Lipinski definition) is 4. The van der Waals surface area contributed by atoms with E-state index in [2.05, 4.69) is 26.7 Å². The van der Waals surface area contributed by atoms with Gasteiger partial charge in [-0.25, -0.2) is 9.97 Å². The Morgan fingerprint density at radius 3 is 2.95 bits per heavy atom. The van der Waals surface area contributed by atoms with Crippen LogP contribution in [0.5, 0.6) is 0 Å². The summed E-state index contributed by atoms with van der Waals surface area (Å²) in [5.41, 5.74) is 3.08. The molecule has 19 heavy (non-hydrogen) atoms. The summed E-state index contributed by atoms with van der Waals surface area (Å²) in [7, 11) is 1.97. The predicted octanol–water partition coefficient (Wildman–Crippen LogP) is 1.56. The van der Waals surface area contributed by atoms with E-state index in [1.807, 2.05) is 37.1 Å². The van der Waals surface area contributed by atoms with Gasteiger partial charge in [0.2, 0.25) is 0 Å². The molecule has 0 saturated carbocycles. The first kappa shape index (κ1) is 12.2. The summed E-state index contributed by atoms with van der Waals surface area (Å²) in [5, 5.41) is 6.81. The second kappa shape index (κ2) is 5.01. The summed E-state index contributed by atoms with van der Waals surface area (Å²) in [6.45, 7) is 4.13. The second-order valence-electron chi connectivity index (χ2n) is 5.09. The zero-order chi connectivity index (χ0) is 13.2. The number of pyridine rings is 1. The first-order valence-corrected chi connectivity index (χ1v) is 6.65. The average molecular weight is 257 g/mol. The molecule has 100 valence electrons. The largest absolute Gasteiger partial charge is 0.366 e. The van der Waals surface area contributed by atoms with Crippen LogP contribution in [0, 0.1) is 6.92 Å². The van der Waals surface area contributed by atoms with Gasteiger partial charge in [-0.15, -0.1) is 0 Å². The van der Waals surface area contributed by atoms with Gasteiger partial charge in [-0.05, 0) is 32.0 Å². The van der Waals surface area contributed by atoms with E-state index in [-0.39, 0.29) is 0 Å². The van der Waals surface area contributed by atoms with Gasteiger partial charge in [-0.2, -0.15) is 0 Å². The summed E-state index contributed by atoms with van der Waals surface area (Å²) in [6, 6.07) is 4.62. The molecule has 0 aliphatic carbocycles. The third-order valence-electron chi connectivity index (χ3n) is 3.48. The molecule has 5 nitrogen and oxygen atoms in total. The van der Waals surface area contributed by atoms with Gasteiger partial charge in [0.25, 0.3) is 0 Å². The standard InChI is InChI=1S/C14H19N5/c1-10-12(13-8-19(2)9-16-13)3-4-14(17-10)18-11-5-6-15-7-11/h3-4,8-9,11,15H,5-7H2,1-2H3,(H,17,18)/t11-/m0/s1. The zero-order valence-corrected chi connectivity index (χ0v) is 11.3. The molecule has 0 spiro atoms. The van der Waals surface area contributed by atoms with Crippen LogP contribution < -0.4 is 10.6 Å². The Balaban J connectivity index is 1.81. The van der Waals surface area contributed by atoms with Crippen LogP contribution in [0.3, 0.4) is 0 Å². The molecule has 0 amide bonds. The second-order valence-corrected chi connectivity index (χ2v) is 5.09. The fraction of sp³-hybridized carbons (Fsp3) is 0.429. The molecule has 2 aromatic heterocycles. The van der Waals surface area contributed by atoms with E-state index in [1.165, 1.54) is 0 Å². The molecule has 1 aliphatic rings. The van der Waals surface area contributed by atoms with E-state index < -0.39 is 0 Å². The maximum absolute atomic E-state index is 4.63. The van der Waals surface area contributed by atoms with E-state index in [4.69, 9.17) is 0 Å². The highest BCUT2D eigenvalue weighted by atomic mass is 15.1. The monoisotopic (exact) mass is 257 g/mol. The quantitative estimate of drug-likeness (QED) is 0.876. The Kier molecular flexibility index (Phi) is 3.21. The molecular formula is C14H19N5. The zero-order valence-electron chi connectivity index (χ0n) is 11.3. The lowest BCUT2D eigenvalue weighted by molar-refractivity contribution is 0.787. The van der Waals surface area contributed by atoms with Crippen LogP contribution >= 0.6 is 0 Å². The molecule has 3 rings (SSSR count). The molecule has 0 radical (unpaired) electrons. The fourth-order valence-electron chi connectivity index (χ4n) is 2.45. The predicted molar refractivity (Wildman–Crippen MR) is 76.1 cm³/mol. The van der Waals surface area contributed by atoms with E-state index in [1.54, 1.807) is 0 Å². The van der Waals surface area contributed by atoms with Crippen LogP contribution in [0.1, 0.15) is 12.1 Å². The summed E-state index contributed by atoms with van der Waals surface area (Å²) >= 11 is 0. The smallest absolute Gasteiger partial charge is 0.126 e. The Labute approximate surface area is 113 Å². The summed E-state index contributed by atoms with van der Waals surface area (Å²) in [4.78, 5) is 9.01. The Bertz CT molecular complexity index is 569. The lowest BCUT2D eigenvalue weighted by Crippen LogP contribution is -2.22. The molecule has 1 aliphatic heterocycles. The molecule has 3 heterocycles. The summed E-state index contributed by atoms with van der Waals surface area (Å²) in [6.07, 6.45) is 4.98. The molecule has 1 atom stereocenters. The topological polar surface area (TPSA) is 54.8 Å². The molecule has 2 aromatic rings. The number of nitrogens with zero attached hydrogens (tertiary/aromatic N) is 3. The molecule has 5 heteroatoms. The van der Waals surface area contributed by atoms with Gasteiger partial charge in [0.1, 0.15) is 5.82 Å². The minimum Gasteiger partial charge on any atom is -0.366 e. The SMILES string of the molecule is Cc1nc(N[C@H]2CCNC2)ccc1-c1cn(C)cn1. The minimum absolute atomic E-state index is 0.493. The number of hydrogen-bond donors (Lipinski definition) is 2. The first-order valence-electron chi connectivity index (χ1n) is 6.65. The highest BCUT2D eigenvalue weighted by Gasteiger charge is 2.15. The van der Waals surface area contributed by atoms with Crippen molar-refractivity contribution in [3.63, 3.8) is 0 Å². The molecule has 1 fully saturated rings. The number of aryl methyl sites for hydroxylation is 2. The van der Waals surface area contributed by atoms with Crippen molar-refractivity contribution in [3.05, 3.63) is 30.4 Å². The normalized spacial score (nSPS) is 18.7. The summed E-state index contributed by atoms with van der Waals surface area (Å²) < 4.78 is 1.95. The number of rotatable bonds is 3. The molecule has 1 saturated heterocycles. The maximum Gasteiger partial charge on any atom is 0.126 e. The van der Waals surface area contributed by atoms with Crippen molar-refractivity contribution >= 4 is 5.82 Å². The van der Waals surface area contributed by atoms with Crippen LogP contribution in [-0.4, -0.2) is 33.7 Å². The van der Waals surface area contributed by atoms with E-state index in [9.17, 15) is 0 Å². The van der Waals surface area contributed by atoms with Crippen molar-refractivity contribution in [2.75, 3.05) is 18.4 Å². The maximum atomic E-state index is 4.63. The van der Waals surface area contributed by atoms with E-state index >= 15 is 0 Å². The third kappa shape index (κ3) is 2.61. The third-order valence-corrected chi connectivity index (χ3v) is 3.48. The summed E-state index contributed by atoms with van der Waals surface area (Å²) in [5.74, 6) is 0.950. The minimum atomic E-state index is 0.493. The highest BCUT2D eigenvalue weighted by Crippen LogP contribution is 2.22. The average Bonchev–Trinajstić information content (AvgIpc) is 3.01. The Morgan fingerprint density at radius 2 is 2.32 bits per heavy atom. The van der Waals surface area contributed by atoms with Crippen molar-refractivity contribution < 1.29 is 0 Å². The van der Waals surface area contributed by atoms with Crippen LogP contribution in [-0.2, 0) is 7.05 Å². The van der Waals surface area contributed by atoms with Gasteiger partial charge in [-0.1, -0.05) is 0 Å². The van der Waals surface area contributed by atoms with Gasteiger partial charge >= 0.3 is 0 Å². The van der Waals surface area contributed by atoms with Crippen molar-refractivity contribution in [1.29, 1.82) is 0 Å². The van der Waals surface area contributed by atoms with Crippen molar-refractivity contribution in [1.82, 2.24) is 19.9 Å². The van der Waals surface area contributed by atoms with E-state index in [0.717, 1.165) is 42.3 Å². The number of aromatic nitrogens is 3. The van der Waals surface area contributed by atoms with Gasteiger partial charge in [-0.3, -0.25) is 0 Å². The number of nitrogens with one attached hydrogen (secondary N) is 2. The lowest BCUT2D eigenvalue weighted by atomic mass is 10.1. The van der Waals surface area contributed by atoms with Crippen LogP contribution in [0.4, 0.5) is 5.82 Å². The van der Waals surface area contributed by atoms with Crippen molar-refractivity contribution in [2.24, 2.45) is 7.05 Å². The van der Waals surface area contributed by atoms with Crippen LogP contribution in [0.25, 0.3) is 11.3 Å². The van der Waals surface area contributed by atoms with Crippen molar-refractivity contribution in [3.8, 4) is 11.3 Å². The first-order chi connectivity index (χ1) is 9.22. The fourth-order valence-corrected chi connectivity index (χ4v) is 2.45. The molecule has 2 N–H and O–H groups in total. The van der Waals surface area contributed by atoms with Crippen LogP contribution in [0.2, 0.25) is 0 Å². The molecular weight excluding hydrogens is 238 g/mol. The number of anilines is 1.